The molecule has 1 atom stereocenters. The molecule has 226 valence electrons. The number of nitrogens with one attached hydrogen (secondary N) is 1. The van der Waals surface area contributed by atoms with Crippen LogP contribution in [0, 0.1) is 11.8 Å². The molecule has 42 heavy (non-hydrogen) atoms. The summed E-state index contributed by atoms with van der Waals surface area (Å²) in [6, 6.07) is 7.04. The van der Waals surface area contributed by atoms with Crippen molar-refractivity contribution >= 4 is 29.4 Å². The van der Waals surface area contributed by atoms with Gasteiger partial charge in [0.25, 0.3) is 11.8 Å². The Bertz CT molecular complexity index is 1220. The van der Waals surface area contributed by atoms with Crippen molar-refractivity contribution in [2.45, 2.75) is 89.6 Å². The van der Waals surface area contributed by atoms with E-state index in [-0.39, 0.29) is 17.8 Å². The molecule has 3 aliphatic heterocycles. The zero-order valence-electron chi connectivity index (χ0n) is 25.2. The lowest BCUT2D eigenvalue weighted by Gasteiger charge is -2.46. The monoisotopic (exact) mass is 574 g/mol. The van der Waals surface area contributed by atoms with Gasteiger partial charge < -0.3 is 10.2 Å². The highest BCUT2D eigenvalue weighted by molar-refractivity contribution is 6.49. The smallest absolute Gasteiger partial charge is 0.329 e. The molecule has 1 unspecified atom stereocenters. The first-order chi connectivity index (χ1) is 20.4. The number of rotatable bonds is 9. The Morgan fingerprint density at radius 2 is 1.50 bits per heavy atom. The second kappa shape index (κ2) is 12.7. The molecular formula is C33H46N6O3. The zero-order chi connectivity index (χ0) is 29.1. The fourth-order valence-corrected chi connectivity index (χ4v) is 7.49. The Morgan fingerprint density at radius 1 is 0.881 bits per heavy atom. The minimum Gasteiger partial charge on any atom is -0.351 e. The first kappa shape index (κ1) is 29.0. The van der Waals surface area contributed by atoms with Gasteiger partial charge in [-0.3, -0.25) is 19.4 Å². The number of hydrogen-bond donors (Lipinski definition) is 1. The van der Waals surface area contributed by atoms with E-state index in [1.807, 2.05) is 24.0 Å². The van der Waals surface area contributed by atoms with Crippen molar-refractivity contribution in [1.29, 1.82) is 0 Å². The molecule has 1 N–H and O–H groups in total. The third kappa shape index (κ3) is 6.03. The van der Waals surface area contributed by atoms with Gasteiger partial charge in [0.1, 0.15) is 0 Å². The van der Waals surface area contributed by atoms with Crippen LogP contribution in [-0.2, 0) is 4.79 Å². The molecule has 0 spiro atoms. The van der Waals surface area contributed by atoms with E-state index in [1.54, 1.807) is 12.1 Å². The molecule has 3 heterocycles. The number of fused-ring (bicyclic) bond motifs is 1. The first-order valence-corrected chi connectivity index (χ1v) is 16.4. The molecule has 4 amide bonds. The average molecular weight is 575 g/mol. The number of urea groups is 1. The van der Waals surface area contributed by atoms with E-state index in [1.165, 1.54) is 43.4 Å². The van der Waals surface area contributed by atoms with Crippen molar-refractivity contribution in [3.8, 4) is 0 Å². The Labute approximate surface area is 249 Å². The lowest BCUT2D eigenvalue weighted by atomic mass is 9.87. The van der Waals surface area contributed by atoms with Crippen molar-refractivity contribution in [1.82, 2.24) is 20.0 Å². The predicted molar refractivity (Wildman–Crippen MR) is 164 cm³/mol. The van der Waals surface area contributed by atoms with Crippen LogP contribution in [0.5, 0.6) is 0 Å². The minimum atomic E-state index is -1.12. The van der Waals surface area contributed by atoms with Crippen molar-refractivity contribution in [3.63, 3.8) is 0 Å². The van der Waals surface area contributed by atoms with Gasteiger partial charge in [0, 0.05) is 37.3 Å². The summed E-state index contributed by atoms with van der Waals surface area (Å²) in [4.78, 5) is 56.1. The van der Waals surface area contributed by atoms with Crippen LogP contribution in [0.3, 0.4) is 0 Å². The van der Waals surface area contributed by atoms with Crippen molar-refractivity contribution in [3.05, 3.63) is 35.4 Å². The fraction of sp³-hybridized carbons (Fsp3) is 0.667. The largest absolute Gasteiger partial charge is 0.351 e. The molecule has 1 aromatic carbocycles. The number of amidine groups is 1. The third-order valence-electron chi connectivity index (χ3n) is 10.1. The van der Waals surface area contributed by atoms with Crippen LogP contribution in [0.25, 0.3) is 0 Å². The summed E-state index contributed by atoms with van der Waals surface area (Å²) in [5.74, 6) is 0.805. The van der Waals surface area contributed by atoms with Gasteiger partial charge in [0.15, 0.2) is 17.2 Å². The minimum absolute atomic E-state index is 0.0983. The highest BCUT2D eigenvalue weighted by Gasteiger charge is 2.55. The topological polar surface area (TPSA) is 97.7 Å². The van der Waals surface area contributed by atoms with Gasteiger partial charge in [-0.05, 0) is 82.5 Å². The van der Waals surface area contributed by atoms with Crippen molar-refractivity contribution < 1.29 is 14.4 Å². The maximum atomic E-state index is 14.0. The van der Waals surface area contributed by atoms with Gasteiger partial charge in [0.2, 0.25) is 0 Å². The summed E-state index contributed by atoms with van der Waals surface area (Å²) in [5, 5.41) is 3.02. The highest BCUT2D eigenvalue weighted by atomic mass is 16.2. The SMILES string of the molecule is CC12N=C(c3ccc(C(=O)NCCN4CCCC4)cc3)N=C1C(=O)N(CC1CCCCC1)C(=O)N2CC1CCCCC1. The van der Waals surface area contributed by atoms with Crippen LogP contribution in [0.4, 0.5) is 4.79 Å². The van der Waals surface area contributed by atoms with Crippen LogP contribution in [-0.4, -0.2) is 89.0 Å². The van der Waals surface area contributed by atoms with E-state index in [0.29, 0.717) is 48.6 Å². The molecule has 6 rings (SSSR count). The van der Waals surface area contributed by atoms with Crippen molar-refractivity contribution in [2.24, 2.45) is 21.8 Å². The summed E-state index contributed by atoms with van der Waals surface area (Å²) in [5.41, 5.74) is 0.546. The third-order valence-corrected chi connectivity index (χ3v) is 10.1. The van der Waals surface area contributed by atoms with Crippen LogP contribution < -0.4 is 5.32 Å². The fourth-order valence-electron chi connectivity index (χ4n) is 7.49. The molecule has 0 bridgehead atoms. The first-order valence-electron chi connectivity index (χ1n) is 16.4. The number of amides is 4. The summed E-state index contributed by atoms with van der Waals surface area (Å²) in [6.45, 7) is 6.65. The molecule has 0 aromatic heterocycles. The molecule has 2 saturated carbocycles. The lowest BCUT2D eigenvalue weighted by molar-refractivity contribution is -0.125. The lowest BCUT2D eigenvalue weighted by Crippen LogP contribution is -2.68. The number of likely N-dealkylation sites (tertiary alicyclic amines) is 1. The maximum absolute atomic E-state index is 14.0. The van der Waals surface area contributed by atoms with E-state index >= 15 is 0 Å². The molecule has 5 aliphatic rings. The van der Waals surface area contributed by atoms with Crippen LogP contribution in [0.1, 0.15) is 99.9 Å². The quantitative estimate of drug-likeness (QED) is 0.456. The molecule has 2 saturated heterocycles. The van der Waals surface area contributed by atoms with E-state index in [9.17, 15) is 14.4 Å². The van der Waals surface area contributed by atoms with Gasteiger partial charge in [-0.15, -0.1) is 0 Å². The Hall–Kier alpha value is -3.07. The number of carbonyl (C=O) groups excluding carboxylic acids is 3. The molecular weight excluding hydrogens is 528 g/mol. The molecule has 4 fully saturated rings. The normalized spacial score (nSPS) is 25.9. The summed E-state index contributed by atoms with van der Waals surface area (Å²) >= 11 is 0. The molecule has 1 aromatic rings. The number of aliphatic imine (C=N–C) groups is 2. The van der Waals surface area contributed by atoms with Gasteiger partial charge in [-0.25, -0.2) is 14.8 Å². The Balaban J connectivity index is 1.21. The average Bonchev–Trinajstić information content (AvgIpc) is 3.67. The zero-order valence-corrected chi connectivity index (χ0v) is 25.2. The van der Waals surface area contributed by atoms with Crippen LogP contribution in [0.2, 0.25) is 0 Å². The Morgan fingerprint density at radius 3 is 2.14 bits per heavy atom. The van der Waals surface area contributed by atoms with E-state index < -0.39 is 5.66 Å². The van der Waals surface area contributed by atoms with Crippen LogP contribution >= 0.6 is 0 Å². The number of imide groups is 1. The second-order valence-corrected chi connectivity index (χ2v) is 13.1. The van der Waals surface area contributed by atoms with Gasteiger partial charge in [0.05, 0.1) is 0 Å². The molecule has 0 radical (unpaired) electrons. The number of benzene rings is 1. The van der Waals surface area contributed by atoms with Gasteiger partial charge >= 0.3 is 6.03 Å². The standard InChI is InChI=1S/C33H46N6O3/c1-33-28(35-29(36-33)26-14-16-27(17-15-26)30(40)34-18-21-37-19-8-9-20-37)31(41)38(22-24-10-4-2-5-11-24)32(42)39(33)23-25-12-6-3-7-13-25/h14-17,24-25H,2-13,18-23H2,1H3,(H,34,40). The molecule has 9 nitrogen and oxygen atoms in total. The van der Waals surface area contributed by atoms with E-state index in [4.69, 9.17) is 9.98 Å². The van der Waals surface area contributed by atoms with Crippen molar-refractivity contribution in [2.75, 3.05) is 39.3 Å². The number of hydrogen-bond acceptors (Lipinski definition) is 6. The molecule has 2 aliphatic carbocycles. The van der Waals surface area contributed by atoms with Gasteiger partial charge in [-0.1, -0.05) is 50.7 Å². The number of nitrogens with zero attached hydrogens (tertiary/aromatic N) is 5. The van der Waals surface area contributed by atoms with E-state index in [2.05, 4.69) is 10.2 Å². The number of carbonyl (C=O) groups is 3. The van der Waals surface area contributed by atoms with Crippen LogP contribution in [0.15, 0.2) is 34.3 Å². The predicted octanol–water partition coefficient (Wildman–Crippen LogP) is 4.85. The van der Waals surface area contributed by atoms with E-state index in [0.717, 1.165) is 63.7 Å². The second-order valence-electron chi connectivity index (χ2n) is 13.1. The highest BCUT2D eigenvalue weighted by Crippen LogP contribution is 2.37. The van der Waals surface area contributed by atoms with Gasteiger partial charge in [-0.2, -0.15) is 0 Å². The molecule has 9 heteroatoms. The summed E-state index contributed by atoms with van der Waals surface area (Å²) in [6.07, 6.45) is 13.9. The Kier molecular flexibility index (Phi) is 8.75. The summed E-state index contributed by atoms with van der Waals surface area (Å²) < 4.78 is 0. The maximum Gasteiger partial charge on any atom is 0.329 e. The summed E-state index contributed by atoms with van der Waals surface area (Å²) in [7, 11) is 0.